The third-order valence-electron chi connectivity index (χ3n) is 4.61. The Bertz CT molecular complexity index is 822. The van der Waals surface area contributed by atoms with Gasteiger partial charge in [-0.15, -0.1) is 0 Å². The van der Waals surface area contributed by atoms with Crippen molar-refractivity contribution < 1.29 is 23.8 Å². The first kappa shape index (κ1) is 21.2. The number of β-amino-alcohol motifs (C(OH)–C–C–N with tert-alkyl or cyclic N) is 1. The van der Waals surface area contributed by atoms with Gasteiger partial charge in [-0.3, -0.25) is 9.69 Å². The zero-order valence-corrected chi connectivity index (χ0v) is 16.6. The highest BCUT2D eigenvalue weighted by Gasteiger charge is 2.15. The van der Waals surface area contributed by atoms with Gasteiger partial charge in [0.25, 0.3) is 0 Å². The maximum Gasteiger partial charge on any atom is 0.221 e. The van der Waals surface area contributed by atoms with E-state index in [9.17, 15) is 14.3 Å². The number of benzene rings is 2. The minimum absolute atomic E-state index is 0.0756. The maximum atomic E-state index is 14.1. The molecular formula is C22H27FN2O4. The lowest BCUT2D eigenvalue weighted by atomic mass is 10.0. The number of carbonyl (C=O) groups is 1. The van der Waals surface area contributed by atoms with Crippen LogP contribution < -0.4 is 10.1 Å². The summed E-state index contributed by atoms with van der Waals surface area (Å²) in [4.78, 5) is 13.4. The van der Waals surface area contributed by atoms with Crippen LogP contribution in [0.4, 0.5) is 10.1 Å². The average Bonchev–Trinajstić information content (AvgIpc) is 2.94. The molecule has 0 spiro atoms. The zero-order chi connectivity index (χ0) is 20.6. The van der Waals surface area contributed by atoms with Crippen molar-refractivity contribution in [2.24, 2.45) is 0 Å². The third-order valence-corrected chi connectivity index (χ3v) is 4.61. The summed E-state index contributed by atoms with van der Waals surface area (Å²) in [7, 11) is 0. The SMILES string of the molecule is CC(=O)Nc1cccc(-c2cc(F)cc(OCC(O)CN3CCCOCC3)c2)c1. The summed E-state index contributed by atoms with van der Waals surface area (Å²) in [5.41, 5.74) is 2.02. The number of aliphatic hydroxyl groups is 1. The van der Waals surface area contributed by atoms with E-state index in [1.54, 1.807) is 24.3 Å². The molecule has 0 saturated carbocycles. The lowest BCUT2D eigenvalue weighted by Crippen LogP contribution is -2.37. The van der Waals surface area contributed by atoms with E-state index in [2.05, 4.69) is 10.2 Å². The molecule has 1 heterocycles. The minimum atomic E-state index is -0.678. The zero-order valence-electron chi connectivity index (χ0n) is 16.6. The molecule has 2 N–H and O–H groups in total. The summed E-state index contributed by atoms with van der Waals surface area (Å²) in [5.74, 6) is -0.250. The number of anilines is 1. The molecule has 0 radical (unpaired) electrons. The number of aliphatic hydroxyl groups excluding tert-OH is 1. The van der Waals surface area contributed by atoms with E-state index >= 15 is 0 Å². The fraction of sp³-hybridized carbons (Fsp3) is 0.409. The van der Waals surface area contributed by atoms with Gasteiger partial charge in [-0.25, -0.2) is 4.39 Å². The molecule has 29 heavy (non-hydrogen) atoms. The monoisotopic (exact) mass is 402 g/mol. The third kappa shape index (κ3) is 6.81. The van der Waals surface area contributed by atoms with Crippen molar-refractivity contribution in [1.29, 1.82) is 0 Å². The second-order valence-corrected chi connectivity index (χ2v) is 7.17. The molecule has 3 rings (SSSR count). The fourth-order valence-corrected chi connectivity index (χ4v) is 3.32. The summed E-state index contributed by atoms with van der Waals surface area (Å²) in [5, 5.41) is 13.0. The van der Waals surface area contributed by atoms with Crippen LogP contribution in [-0.2, 0) is 9.53 Å². The fourth-order valence-electron chi connectivity index (χ4n) is 3.32. The van der Waals surface area contributed by atoms with E-state index in [1.165, 1.54) is 19.1 Å². The Labute approximate surface area is 170 Å². The molecule has 1 unspecified atom stereocenters. The maximum absolute atomic E-state index is 14.1. The Morgan fingerprint density at radius 3 is 2.93 bits per heavy atom. The topological polar surface area (TPSA) is 71.0 Å². The van der Waals surface area contributed by atoms with Gasteiger partial charge in [0, 0.05) is 44.9 Å². The van der Waals surface area contributed by atoms with Gasteiger partial charge in [0.1, 0.15) is 24.3 Å². The number of rotatable bonds is 7. The van der Waals surface area contributed by atoms with Crippen LogP contribution in [0.2, 0.25) is 0 Å². The summed E-state index contributed by atoms with van der Waals surface area (Å²) in [6.07, 6.45) is 0.265. The molecule has 0 aromatic heterocycles. The van der Waals surface area contributed by atoms with Crippen LogP contribution in [0.5, 0.6) is 5.75 Å². The van der Waals surface area contributed by atoms with Crippen molar-refractivity contribution in [3.63, 3.8) is 0 Å². The minimum Gasteiger partial charge on any atom is -0.491 e. The highest BCUT2D eigenvalue weighted by Crippen LogP contribution is 2.27. The second kappa shape index (κ2) is 10.3. The highest BCUT2D eigenvalue weighted by atomic mass is 19.1. The van der Waals surface area contributed by atoms with Crippen molar-refractivity contribution >= 4 is 11.6 Å². The molecule has 1 fully saturated rings. The van der Waals surface area contributed by atoms with Crippen LogP contribution in [0.15, 0.2) is 42.5 Å². The van der Waals surface area contributed by atoms with Gasteiger partial charge in [0.15, 0.2) is 0 Å². The van der Waals surface area contributed by atoms with E-state index in [1.807, 2.05) is 6.07 Å². The van der Waals surface area contributed by atoms with Gasteiger partial charge in [-0.1, -0.05) is 12.1 Å². The Morgan fingerprint density at radius 2 is 2.10 bits per heavy atom. The predicted molar refractivity (Wildman–Crippen MR) is 110 cm³/mol. The van der Waals surface area contributed by atoms with Crippen molar-refractivity contribution in [3.8, 4) is 16.9 Å². The Morgan fingerprint density at radius 1 is 1.24 bits per heavy atom. The summed E-state index contributed by atoms with van der Waals surface area (Å²) in [6.45, 7) is 5.08. The molecule has 7 heteroatoms. The highest BCUT2D eigenvalue weighted by molar-refractivity contribution is 5.89. The summed E-state index contributed by atoms with van der Waals surface area (Å²) >= 11 is 0. The average molecular weight is 402 g/mol. The molecule has 1 atom stereocenters. The van der Waals surface area contributed by atoms with Crippen LogP contribution in [0.1, 0.15) is 13.3 Å². The lowest BCUT2D eigenvalue weighted by molar-refractivity contribution is -0.114. The van der Waals surface area contributed by atoms with Crippen LogP contribution in [0, 0.1) is 5.82 Å². The molecule has 156 valence electrons. The van der Waals surface area contributed by atoms with Gasteiger partial charge >= 0.3 is 0 Å². The largest absolute Gasteiger partial charge is 0.491 e. The Kier molecular flexibility index (Phi) is 7.57. The predicted octanol–water partition coefficient (Wildman–Crippen LogP) is 2.91. The smallest absolute Gasteiger partial charge is 0.221 e. The van der Waals surface area contributed by atoms with Crippen LogP contribution in [-0.4, -0.2) is 61.5 Å². The first-order chi connectivity index (χ1) is 14.0. The van der Waals surface area contributed by atoms with Crippen molar-refractivity contribution in [3.05, 3.63) is 48.3 Å². The number of nitrogens with zero attached hydrogens (tertiary/aromatic N) is 1. The molecule has 0 aliphatic carbocycles. The molecule has 1 saturated heterocycles. The number of carbonyl (C=O) groups excluding carboxylic acids is 1. The van der Waals surface area contributed by atoms with E-state index in [-0.39, 0.29) is 12.5 Å². The molecule has 2 aromatic carbocycles. The standard InChI is InChI=1S/C22H27FN2O4/c1-16(26)24-20-5-2-4-17(11-20)18-10-19(23)13-22(12-18)29-15-21(27)14-25-6-3-8-28-9-7-25/h2,4-5,10-13,21,27H,3,6-9,14-15H2,1H3,(H,24,26). The number of amides is 1. The van der Waals surface area contributed by atoms with Crippen molar-refractivity contribution in [2.75, 3.05) is 44.8 Å². The quantitative estimate of drug-likeness (QED) is 0.745. The number of halogens is 1. The van der Waals surface area contributed by atoms with Gasteiger partial charge < -0.3 is 19.9 Å². The van der Waals surface area contributed by atoms with Crippen molar-refractivity contribution in [2.45, 2.75) is 19.4 Å². The lowest BCUT2D eigenvalue weighted by Gasteiger charge is -2.22. The van der Waals surface area contributed by atoms with Crippen LogP contribution in [0.3, 0.4) is 0 Å². The van der Waals surface area contributed by atoms with Crippen LogP contribution in [0.25, 0.3) is 11.1 Å². The van der Waals surface area contributed by atoms with Gasteiger partial charge in [-0.05, 0) is 41.8 Å². The molecular weight excluding hydrogens is 375 g/mol. The van der Waals surface area contributed by atoms with E-state index in [0.29, 0.717) is 30.2 Å². The summed E-state index contributed by atoms with van der Waals surface area (Å²) < 4.78 is 25.2. The number of hydrogen-bond donors (Lipinski definition) is 2. The Hall–Kier alpha value is -2.48. The molecule has 2 aromatic rings. The van der Waals surface area contributed by atoms with Gasteiger partial charge in [-0.2, -0.15) is 0 Å². The first-order valence-corrected chi connectivity index (χ1v) is 9.79. The van der Waals surface area contributed by atoms with Gasteiger partial charge in [0.2, 0.25) is 5.91 Å². The molecule has 0 bridgehead atoms. The molecule has 1 aliphatic heterocycles. The molecule has 1 aliphatic rings. The van der Waals surface area contributed by atoms with E-state index in [0.717, 1.165) is 31.7 Å². The normalized spacial score (nSPS) is 16.1. The number of hydrogen-bond acceptors (Lipinski definition) is 5. The summed E-state index contributed by atoms with van der Waals surface area (Å²) in [6, 6.07) is 11.6. The van der Waals surface area contributed by atoms with Gasteiger partial charge in [0.05, 0.1) is 6.61 Å². The second-order valence-electron chi connectivity index (χ2n) is 7.17. The van der Waals surface area contributed by atoms with E-state index in [4.69, 9.17) is 9.47 Å². The molecule has 6 nitrogen and oxygen atoms in total. The van der Waals surface area contributed by atoms with Crippen molar-refractivity contribution in [1.82, 2.24) is 4.90 Å². The number of ether oxygens (including phenoxy) is 2. The first-order valence-electron chi connectivity index (χ1n) is 9.79. The van der Waals surface area contributed by atoms with Crippen LogP contribution >= 0.6 is 0 Å². The number of nitrogens with one attached hydrogen (secondary N) is 1. The van der Waals surface area contributed by atoms with E-state index < -0.39 is 11.9 Å². The molecule has 1 amide bonds. The Balaban J connectivity index is 1.63.